The lowest BCUT2D eigenvalue weighted by atomic mass is 10.1. The summed E-state index contributed by atoms with van der Waals surface area (Å²) in [6.07, 6.45) is 2.32. The van der Waals surface area contributed by atoms with E-state index in [0.29, 0.717) is 11.7 Å². The smallest absolute Gasteiger partial charge is 0.407 e. The van der Waals surface area contributed by atoms with Crippen LogP contribution in [0.1, 0.15) is 40.0 Å². The van der Waals surface area contributed by atoms with Gasteiger partial charge in [-0.05, 0) is 46.0 Å². The predicted octanol–water partition coefficient (Wildman–Crippen LogP) is 1.30. The third kappa shape index (κ3) is 6.02. The van der Waals surface area contributed by atoms with E-state index in [2.05, 4.69) is 5.32 Å². The SMILES string of the molecule is CC(C)(C)OC(=O)N[C@@H]1CC[C@H](CS(N)=O)C1. The molecule has 0 saturated heterocycles. The zero-order chi connectivity index (χ0) is 13.1. The highest BCUT2D eigenvalue weighted by Crippen LogP contribution is 2.26. The van der Waals surface area contributed by atoms with Gasteiger partial charge in [-0.3, -0.25) is 5.14 Å². The largest absolute Gasteiger partial charge is 0.444 e. The number of nitrogens with two attached hydrogens (primary N) is 1. The maximum Gasteiger partial charge on any atom is 0.407 e. The molecule has 1 unspecified atom stereocenters. The lowest BCUT2D eigenvalue weighted by Gasteiger charge is -2.21. The van der Waals surface area contributed by atoms with Gasteiger partial charge in [0.2, 0.25) is 0 Å². The average Bonchev–Trinajstić information content (AvgIpc) is 2.46. The maximum absolute atomic E-state index is 11.5. The third-order valence-corrected chi connectivity index (χ3v) is 3.46. The molecule has 1 aliphatic carbocycles. The van der Waals surface area contributed by atoms with Crippen molar-refractivity contribution in [1.82, 2.24) is 5.32 Å². The Morgan fingerprint density at radius 3 is 2.65 bits per heavy atom. The Kier molecular flexibility index (Phi) is 4.94. The standard InChI is InChI=1S/C11H22N2O3S/c1-11(2,3)16-10(14)13-9-5-4-8(6-9)7-17(12)15/h8-9H,4-7,12H2,1-3H3,(H,13,14)/t8-,9+,17?/m0/s1. The number of carbonyl (C=O) groups excluding carboxylic acids is 1. The number of amides is 1. The van der Waals surface area contributed by atoms with E-state index < -0.39 is 16.6 Å². The van der Waals surface area contributed by atoms with E-state index in [9.17, 15) is 9.00 Å². The van der Waals surface area contributed by atoms with Gasteiger partial charge in [-0.2, -0.15) is 0 Å². The lowest BCUT2D eigenvalue weighted by molar-refractivity contribution is 0.0505. The zero-order valence-corrected chi connectivity index (χ0v) is 11.5. The van der Waals surface area contributed by atoms with Crippen LogP contribution >= 0.6 is 0 Å². The van der Waals surface area contributed by atoms with Crippen LogP contribution in [0.4, 0.5) is 4.79 Å². The topological polar surface area (TPSA) is 81.4 Å². The fourth-order valence-corrected chi connectivity index (χ4v) is 2.83. The molecule has 0 radical (unpaired) electrons. The summed E-state index contributed by atoms with van der Waals surface area (Å²) in [5.74, 6) is 0.868. The van der Waals surface area contributed by atoms with Crippen molar-refractivity contribution in [1.29, 1.82) is 0 Å². The summed E-state index contributed by atoms with van der Waals surface area (Å²) in [7, 11) is -1.24. The quantitative estimate of drug-likeness (QED) is 0.804. The molecule has 0 heterocycles. The normalized spacial score (nSPS) is 26.6. The number of carbonyl (C=O) groups is 1. The van der Waals surface area contributed by atoms with Crippen LogP contribution in [-0.2, 0) is 15.7 Å². The fraction of sp³-hybridized carbons (Fsp3) is 0.909. The van der Waals surface area contributed by atoms with Crippen molar-refractivity contribution in [2.75, 3.05) is 5.75 Å². The second kappa shape index (κ2) is 5.82. The highest BCUT2D eigenvalue weighted by Gasteiger charge is 2.28. The molecule has 6 heteroatoms. The molecule has 0 spiro atoms. The molecule has 100 valence electrons. The van der Waals surface area contributed by atoms with Gasteiger partial charge in [0.15, 0.2) is 0 Å². The summed E-state index contributed by atoms with van der Waals surface area (Å²) in [6, 6.07) is 0.124. The minimum Gasteiger partial charge on any atom is -0.444 e. The van der Waals surface area contributed by atoms with E-state index in [1.807, 2.05) is 20.8 Å². The number of rotatable bonds is 3. The van der Waals surface area contributed by atoms with Crippen LogP contribution in [0.2, 0.25) is 0 Å². The summed E-state index contributed by atoms with van der Waals surface area (Å²) < 4.78 is 16.1. The second-order valence-corrected chi connectivity index (χ2v) is 6.66. The van der Waals surface area contributed by atoms with Crippen molar-refractivity contribution in [2.24, 2.45) is 11.1 Å². The lowest BCUT2D eigenvalue weighted by Crippen LogP contribution is -2.38. The van der Waals surface area contributed by atoms with E-state index in [4.69, 9.17) is 9.88 Å². The van der Waals surface area contributed by atoms with Crippen molar-refractivity contribution >= 4 is 17.1 Å². The number of hydrogen-bond acceptors (Lipinski definition) is 3. The Bertz CT molecular complexity index is 302. The van der Waals surface area contributed by atoms with Crippen LogP contribution in [0, 0.1) is 5.92 Å². The highest BCUT2D eigenvalue weighted by atomic mass is 32.2. The first-order chi connectivity index (χ1) is 7.76. The summed E-state index contributed by atoms with van der Waals surface area (Å²) in [6.45, 7) is 5.50. The maximum atomic E-state index is 11.5. The summed E-state index contributed by atoms with van der Waals surface area (Å²) in [4.78, 5) is 11.5. The Labute approximate surface area is 105 Å². The van der Waals surface area contributed by atoms with Gasteiger partial charge in [0.25, 0.3) is 0 Å². The van der Waals surface area contributed by atoms with Gasteiger partial charge in [0.1, 0.15) is 5.60 Å². The first-order valence-electron chi connectivity index (χ1n) is 5.88. The number of ether oxygens (including phenoxy) is 1. The minimum atomic E-state index is -1.24. The number of nitrogens with one attached hydrogen (secondary N) is 1. The van der Waals surface area contributed by atoms with Crippen molar-refractivity contribution in [3.05, 3.63) is 0 Å². The molecular weight excluding hydrogens is 240 g/mol. The van der Waals surface area contributed by atoms with Crippen LogP contribution in [0.3, 0.4) is 0 Å². The molecule has 1 saturated carbocycles. The summed E-state index contributed by atoms with van der Waals surface area (Å²) in [5.41, 5.74) is -0.471. The van der Waals surface area contributed by atoms with Crippen molar-refractivity contribution in [3.63, 3.8) is 0 Å². The third-order valence-electron chi connectivity index (χ3n) is 2.66. The van der Waals surface area contributed by atoms with Gasteiger partial charge >= 0.3 is 6.09 Å². The first-order valence-corrected chi connectivity index (χ1v) is 7.27. The Morgan fingerprint density at radius 1 is 1.47 bits per heavy atom. The molecule has 3 atom stereocenters. The molecule has 1 fully saturated rings. The van der Waals surface area contributed by atoms with E-state index >= 15 is 0 Å². The van der Waals surface area contributed by atoms with E-state index in [0.717, 1.165) is 19.3 Å². The second-order valence-electron chi connectivity index (χ2n) is 5.57. The molecule has 1 aliphatic rings. The average molecular weight is 262 g/mol. The molecule has 17 heavy (non-hydrogen) atoms. The van der Waals surface area contributed by atoms with Crippen molar-refractivity contribution in [2.45, 2.75) is 51.7 Å². The zero-order valence-electron chi connectivity index (χ0n) is 10.7. The molecule has 5 nitrogen and oxygen atoms in total. The molecule has 0 aromatic carbocycles. The van der Waals surface area contributed by atoms with Gasteiger partial charge in [-0.15, -0.1) is 0 Å². The monoisotopic (exact) mass is 262 g/mol. The van der Waals surface area contributed by atoms with Gasteiger partial charge in [0.05, 0.1) is 11.0 Å². The molecule has 1 amide bonds. The molecule has 0 aromatic rings. The Morgan fingerprint density at radius 2 is 2.12 bits per heavy atom. The Hall–Kier alpha value is -0.620. The van der Waals surface area contributed by atoms with Gasteiger partial charge in [-0.25, -0.2) is 9.00 Å². The number of alkyl carbamates (subject to hydrolysis) is 1. The number of hydrogen-bond donors (Lipinski definition) is 2. The van der Waals surface area contributed by atoms with E-state index in [1.54, 1.807) is 0 Å². The van der Waals surface area contributed by atoms with Crippen LogP contribution < -0.4 is 10.5 Å². The van der Waals surface area contributed by atoms with Crippen molar-refractivity contribution < 1.29 is 13.7 Å². The van der Waals surface area contributed by atoms with Crippen LogP contribution in [0.15, 0.2) is 0 Å². The van der Waals surface area contributed by atoms with Gasteiger partial charge in [-0.1, -0.05) is 0 Å². The van der Waals surface area contributed by atoms with Crippen LogP contribution in [0.5, 0.6) is 0 Å². The summed E-state index contributed by atoms with van der Waals surface area (Å²) >= 11 is 0. The molecule has 0 aromatic heterocycles. The van der Waals surface area contributed by atoms with Crippen LogP contribution in [-0.4, -0.2) is 27.7 Å². The summed E-state index contributed by atoms with van der Waals surface area (Å²) in [5, 5.41) is 8.10. The predicted molar refractivity (Wildman–Crippen MR) is 67.7 cm³/mol. The molecule has 1 rings (SSSR count). The van der Waals surface area contributed by atoms with Crippen molar-refractivity contribution in [3.8, 4) is 0 Å². The van der Waals surface area contributed by atoms with E-state index in [-0.39, 0.29) is 12.1 Å². The minimum absolute atomic E-state index is 0.124. The molecular formula is C11H22N2O3S. The fourth-order valence-electron chi connectivity index (χ4n) is 2.06. The molecule has 3 N–H and O–H groups in total. The van der Waals surface area contributed by atoms with Gasteiger partial charge < -0.3 is 10.1 Å². The molecule has 0 aliphatic heterocycles. The van der Waals surface area contributed by atoms with Gasteiger partial charge in [0, 0.05) is 11.8 Å². The first kappa shape index (κ1) is 14.4. The molecule has 0 bridgehead atoms. The highest BCUT2D eigenvalue weighted by molar-refractivity contribution is 7.82. The van der Waals surface area contributed by atoms with E-state index in [1.165, 1.54) is 0 Å². The van der Waals surface area contributed by atoms with Crippen LogP contribution in [0.25, 0.3) is 0 Å². The Balaban J connectivity index is 2.30.